The number of aromatic hydroxyl groups is 2. The SMILES string of the molecule is COc1c(O)ccc(C=CC(=O)O)c1C(C)c1ccc(O)cc1. The maximum Gasteiger partial charge on any atom is 0.328 e. The molecule has 3 N–H and O–H groups in total. The Morgan fingerprint density at radius 1 is 1.13 bits per heavy atom. The Labute approximate surface area is 134 Å². The van der Waals surface area contributed by atoms with Gasteiger partial charge in [-0.3, -0.25) is 0 Å². The number of phenolic OH excluding ortho intramolecular Hbond substituents is 2. The van der Waals surface area contributed by atoms with Gasteiger partial charge in [-0.15, -0.1) is 0 Å². The topological polar surface area (TPSA) is 87.0 Å². The summed E-state index contributed by atoms with van der Waals surface area (Å²) in [6.07, 6.45) is 2.51. The second-order valence-electron chi connectivity index (χ2n) is 5.11. The number of methoxy groups -OCH3 is 1. The van der Waals surface area contributed by atoms with Gasteiger partial charge in [0.1, 0.15) is 5.75 Å². The molecule has 5 nitrogen and oxygen atoms in total. The summed E-state index contributed by atoms with van der Waals surface area (Å²) in [5.41, 5.74) is 2.22. The summed E-state index contributed by atoms with van der Waals surface area (Å²) in [7, 11) is 1.45. The van der Waals surface area contributed by atoms with Crippen molar-refractivity contribution in [3.8, 4) is 17.2 Å². The second kappa shape index (κ2) is 6.87. The Morgan fingerprint density at radius 3 is 2.35 bits per heavy atom. The third-order valence-corrected chi connectivity index (χ3v) is 3.64. The number of carboxylic acids is 1. The molecule has 2 aromatic rings. The fourth-order valence-corrected chi connectivity index (χ4v) is 2.50. The van der Waals surface area contributed by atoms with Gasteiger partial charge < -0.3 is 20.1 Å². The molecule has 0 heterocycles. The summed E-state index contributed by atoms with van der Waals surface area (Å²) in [4.78, 5) is 10.8. The van der Waals surface area contributed by atoms with E-state index in [0.717, 1.165) is 11.6 Å². The van der Waals surface area contributed by atoms with E-state index >= 15 is 0 Å². The number of rotatable bonds is 5. The molecule has 0 aliphatic heterocycles. The summed E-state index contributed by atoms with van der Waals surface area (Å²) in [6, 6.07) is 9.81. The number of benzene rings is 2. The van der Waals surface area contributed by atoms with Gasteiger partial charge in [0.2, 0.25) is 0 Å². The first-order valence-electron chi connectivity index (χ1n) is 7.03. The molecule has 0 saturated carbocycles. The van der Waals surface area contributed by atoms with Crippen LogP contribution in [-0.4, -0.2) is 28.4 Å². The van der Waals surface area contributed by atoms with Crippen molar-refractivity contribution in [2.45, 2.75) is 12.8 Å². The maximum atomic E-state index is 10.8. The number of aliphatic carboxylic acids is 1. The summed E-state index contributed by atoms with van der Waals surface area (Å²) >= 11 is 0. The predicted octanol–water partition coefficient (Wildman–Crippen LogP) is 3.36. The van der Waals surface area contributed by atoms with Crippen molar-refractivity contribution < 1.29 is 24.9 Å². The van der Waals surface area contributed by atoms with Gasteiger partial charge in [-0.05, 0) is 35.4 Å². The van der Waals surface area contributed by atoms with Crippen LogP contribution in [0.15, 0.2) is 42.5 Å². The van der Waals surface area contributed by atoms with E-state index in [1.807, 2.05) is 6.92 Å². The van der Waals surface area contributed by atoms with Crippen LogP contribution in [0, 0.1) is 0 Å². The average molecular weight is 314 g/mol. The molecule has 0 bridgehead atoms. The zero-order valence-electron chi connectivity index (χ0n) is 12.9. The zero-order valence-corrected chi connectivity index (χ0v) is 12.9. The Hall–Kier alpha value is -2.95. The number of hydrogen-bond acceptors (Lipinski definition) is 4. The number of hydrogen-bond donors (Lipinski definition) is 3. The molecule has 120 valence electrons. The van der Waals surface area contributed by atoms with Crippen LogP contribution in [0.4, 0.5) is 0 Å². The van der Waals surface area contributed by atoms with Crippen LogP contribution in [0.1, 0.15) is 29.5 Å². The van der Waals surface area contributed by atoms with E-state index in [-0.39, 0.29) is 17.4 Å². The lowest BCUT2D eigenvalue weighted by Crippen LogP contribution is -2.03. The van der Waals surface area contributed by atoms with Crippen molar-refractivity contribution in [1.82, 2.24) is 0 Å². The van der Waals surface area contributed by atoms with Gasteiger partial charge in [-0.25, -0.2) is 4.79 Å². The van der Waals surface area contributed by atoms with Crippen LogP contribution in [0.2, 0.25) is 0 Å². The number of ether oxygens (including phenoxy) is 1. The van der Waals surface area contributed by atoms with Crippen LogP contribution in [0.25, 0.3) is 6.08 Å². The van der Waals surface area contributed by atoms with E-state index in [4.69, 9.17) is 9.84 Å². The fraction of sp³-hybridized carbons (Fsp3) is 0.167. The molecule has 23 heavy (non-hydrogen) atoms. The van der Waals surface area contributed by atoms with Crippen molar-refractivity contribution in [3.63, 3.8) is 0 Å². The Balaban J connectivity index is 2.59. The predicted molar refractivity (Wildman–Crippen MR) is 87.0 cm³/mol. The van der Waals surface area contributed by atoms with E-state index in [9.17, 15) is 15.0 Å². The third-order valence-electron chi connectivity index (χ3n) is 3.64. The van der Waals surface area contributed by atoms with Crippen LogP contribution in [-0.2, 0) is 4.79 Å². The quantitative estimate of drug-likeness (QED) is 0.737. The van der Waals surface area contributed by atoms with E-state index in [1.165, 1.54) is 19.3 Å². The lowest BCUT2D eigenvalue weighted by atomic mass is 9.88. The Morgan fingerprint density at radius 2 is 1.78 bits per heavy atom. The van der Waals surface area contributed by atoms with E-state index in [0.29, 0.717) is 16.9 Å². The fourth-order valence-electron chi connectivity index (χ4n) is 2.50. The smallest absolute Gasteiger partial charge is 0.328 e. The standard InChI is InChI=1S/C18H18O5/c1-11(12-3-7-14(19)8-4-12)17-13(6-10-16(21)22)5-9-15(20)18(17)23-2/h3-11,19-20H,1-2H3,(H,21,22). The lowest BCUT2D eigenvalue weighted by molar-refractivity contribution is -0.131. The highest BCUT2D eigenvalue weighted by Gasteiger charge is 2.20. The van der Waals surface area contributed by atoms with Gasteiger partial charge in [0.15, 0.2) is 11.5 Å². The number of phenols is 2. The van der Waals surface area contributed by atoms with Crippen molar-refractivity contribution in [2.75, 3.05) is 7.11 Å². The Kier molecular flexibility index (Phi) is 4.91. The molecule has 5 heteroatoms. The number of carboxylic acid groups (broad SMARTS) is 1. The van der Waals surface area contributed by atoms with Crippen LogP contribution < -0.4 is 4.74 Å². The van der Waals surface area contributed by atoms with Gasteiger partial charge in [-0.2, -0.15) is 0 Å². The highest BCUT2D eigenvalue weighted by molar-refractivity contribution is 5.86. The summed E-state index contributed by atoms with van der Waals surface area (Å²) < 4.78 is 5.31. The minimum Gasteiger partial charge on any atom is -0.508 e. The molecule has 2 rings (SSSR count). The Bertz CT molecular complexity index is 732. The van der Waals surface area contributed by atoms with E-state index < -0.39 is 5.97 Å². The zero-order chi connectivity index (χ0) is 17.0. The minimum absolute atomic E-state index is 0.0133. The van der Waals surface area contributed by atoms with E-state index in [2.05, 4.69) is 0 Å². The van der Waals surface area contributed by atoms with Crippen LogP contribution in [0.5, 0.6) is 17.2 Å². The largest absolute Gasteiger partial charge is 0.508 e. The second-order valence-corrected chi connectivity index (χ2v) is 5.11. The molecule has 0 amide bonds. The molecule has 1 unspecified atom stereocenters. The lowest BCUT2D eigenvalue weighted by Gasteiger charge is -2.20. The van der Waals surface area contributed by atoms with Crippen molar-refractivity contribution in [3.05, 3.63) is 59.2 Å². The molecule has 0 aromatic heterocycles. The van der Waals surface area contributed by atoms with Crippen LogP contribution in [0.3, 0.4) is 0 Å². The van der Waals surface area contributed by atoms with Crippen molar-refractivity contribution >= 4 is 12.0 Å². The average Bonchev–Trinajstić information content (AvgIpc) is 2.53. The molecule has 0 spiro atoms. The van der Waals surface area contributed by atoms with Crippen molar-refractivity contribution in [2.24, 2.45) is 0 Å². The molecule has 0 radical (unpaired) electrons. The highest BCUT2D eigenvalue weighted by atomic mass is 16.5. The molecule has 0 aliphatic rings. The summed E-state index contributed by atoms with van der Waals surface area (Å²) in [5, 5.41) is 28.3. The normalized spacial score (nSPS) is 12.3. The summed E-state index contributed by atoms with van der Waals surface area (Å²) in [6.45, 7) is 1.92. The van der Waals surface area contributed by atoms with Gasteiger partial charge in [0.05, 0.1) is 7.11 Å². The van der Waals surface area contributed by atoms with E-state index in [1.54, 1.807) is 30.3 Å². The number of carbonyl (C=O) groups is 1. The highest BCUT2D eigenvalue weighted by Crippen LogP contribution is 2.40. The third kappa shape index (κ3) is 3.63. The first-order valence-corrected chi connectivity index (χ1v) is 7.03. The maximum absolute atomic E-state index is 10.8. The van der Waals surface area contributed by atoms with Gasteiger partial charge in [0.25, 0.3) is 0 Å². The molecular weight excluding hydrogens is 296 g/mol. The van der Waals surface area contributed by atoms with Crippen molar-refractivity contribution in [1.29, 1.82) is 0 Å². The van der Waals surface area contributed by atoms with Gasteiger partial charge >= 0.3 is 5.97 Å². The molecular formula is C18H18O5. The molecule has 1 atom stereocenters. The monoisotopic (exact) mass is 314 g/mol. The molecule has 2 aromatic carbocycles. The minimum atomic E-state index is -1.06. The molecule has 0 fully saturated rings. The van der Waals surface area contributed by atoms with Gasteiger partial charge in [-0.1, -0.05) is 25.1 Å². The van der Waals surface area contributed by atoms with Crippen LogP contribution >= 0.6 is 0 Å². The first-order chi connectivity index (χ1) is 10.9. The summed E-state index contributed by atoms with van der Waals surface area (Å²) in [5.74, 6) is -0.778. The molecule has 0 saturated heterocycles. The molecule has 0 aliphatic carbocycles. The van der Waals surface area contributed by atoms with Gasteiger partial charge in [0, 0.05) is 17.6 Å². The first kappa shape index (κ1) is 16.4.